The molecule has 5 rings (SSSR count). The van der Waals surface area contributed by atoms with Crippen molar-refractivity contribution in [2.45, 2.75) is 57.7 Å². The third-order valence-corrected chi connectivity index (χ3v) is 5.97. The zero-order chi connectivity index (χ0) is 19.3. The van der Waals surface area contributed by atoms with Crippen LogP contribution in [-0.2, 0) is 6.54 Å². The molecule has 0 bridgehead atoms. The van der Waals surface area contributed by atoms with Crippen LogP contribution in [0.25, 0.3) is 0 Å². The van der Waals surface area contributed by atoms with Crippen molar-refractivity contribution in [2.75, 3.05) is 6.79 Å². The van der Waals surface area contributed by atoms with Gasteiger partial charge in [-0.3, -0.25) is 0 Å². The van der Waals surface area contributed by atoms with E-state index in [2.05, 4.69) is 18.3 Å². The molecular weight excluding hydrogens is 356 g/mol. The molecule has 1 aliphatic heterocycles. The average Bonchev–Trinajstić information content (AvgIpc) is 3.55. The quantitative estimate of drug-likeness (QED) is 0.795. The van der Waals surface area contributed by atoms with Crippen molar-refractivity contribution < 1.29 is 18.7 Å². The van der Waals surface area contributed by atoms with Crippen LogP contribution in [0.3, 0.4) is 0 Å². The number of carbonyl (C=O) groups is 1. The fourth-order valence-electron chi connectivity index (χ4n) is 3.85. The maximum atomic E-state index is 13.0. The molecule has 3 atom stereocenters. The first kappa shape index (κ1) is 17.5. The van der Waals surface area contributed by atoms with E-state index in [4.69, 9.17) is 13.9 Å². The van der Waals surface area contributed by atoms with Crippen LogP contribution < -0.4 is 14.8 Å². The summed E-state index contributed by atoms with van der Waals surface area (Å²) in [5.41, 5.74) is 0.997. The van der Waals surface area contributed by atoms with Crippen molar-refractivity contribution in [1.29, 1.82) is 0 Å². The minimum Gasteiger partial charge on any atom is -0.464 e. The summed E-state index contributed by atoms with van der Waals surface area (Å²) >= 11 is 0. The summed E-state index contributed by atoms with van der Waals surface area (Å²) in [5, 5.41) is 3.13. The van der Waals surface area contributed by atoms with Gasteiger partial charge < -0.3 is 24.1 Å². The summed E-state index contributed by atoms with van der Waals surface area (Å²) in [6, 6.07) is 10.0. The minimum absolute atomic E-state index is 0.0505. The maximum Gasteiger partial charge on any atom is 0.318 e. The summed E-state index contributed by atoms with van der Waals surface area (Å²) in [6.45, 7) is 5.00. The van der Waals surface area contributed by atoms with Crippen LogP contribution in [0.2, 0.25) is 0 Å². The number of furan rings is 1. The van der Waals surface area contributed by atoms with E-state index < -0.39 is 0 Å². The van der Waals surface area contributed by atoms with E-state index in [-0.39, 0.29) is 18.9 Å². The number of hydrogen-bond acceptors (Lipinski definition) is 4. The van der Waals surface area contributed by atoms with Crippen LogP contribution in [0.4, 0.5) is 4.79 Å². The summed E-state index contributed by atoms with van der Waals surface area (Å²) in [7, 11) is 0. The molecule has 1 aromatic heterocycles. The van der Waals surface area contributed by atoms with Crippen molar-refractivity contribution >= 4 is 6.03 Å². The van der Waals surface area contributed by atoms with Crippen molar-refractivity contribution in [3.63, 3.8) is 0 Å². The van der Waals surface area contributed by atoms with Crippen molar-refractivity contribution in [3.8, 4) is 11.5 Å². The van der Waals surface area contributed by atoms with E-state index in [1.54, 1.807) is 0 Å². The lowest BCUT2D eigenvalue weighted by Gasteiger charge is -2.24. The lowest BCUT2D eigenvalue weighted by Crippen LogP contribution is -2.41. The molecule has 6 nitrogen and oxygen atoms in total. The van der Waals surface area contributed by atoms with Crippen LogP contribution in [-0.4, -0.2) is 23.8 Å². The van der Waals surface area contributed by atoms with Gasteiger partial charge in [-0.15, -0.1) is 0 Å². The first-order chi connectivity index (χ1) is 13.6. The van der Waals surface area contributed by atoms with E-state index in [9.17, 15) is 4.79 Å². The number of nitrogens with one attached hydrogen (secondary N) is 1. The number of benzene rings is 1. The minimum atomic E-state index is -0.122. The molecule has 148 valence electrons. The molecule has 0 radical (unpaired) electrons. The van der Waals surface area contributed by atoms with Gasteiger partial charge in [-0.05, 0) is 61.9 Å². The highest BCUT2D eigenvalue weighted by atomic mass is 16.7. The van der Waals surface area contributed by atoms with Gasteiger partial charge in [0.2, 0.25) is 6.79 Å². The Labute approximate surface area is 164 Å². The van der Waals surface area contributed by atoms with Crippen molar-refractivity contribution in [2.24, 2.45) is 5.92 Å². The predicted octanol–water partition coefficient (Wildman–Crippen LogP) is 4.57. The largest absolute Gasteiger partial charge is 0.464 e. The Morgan fingerprint density at radius 2 is 2.00 bits per heavy atom. The predicted molar refractivity (Wildman–Crippen MR) is 103 cm³/mol. The van der Waals surface area contributed by atoms with Gasteiger partial charge >= 0.3 is 6.03 Å². The number of nitrogens with zero attached hydrogens (tertiary/aromatic N) is 1. The Bertz CT molecular complexity index is 888. The van der Waals surface area contributed by atoms with Gasteiger partial charge in [-0.25, -0.2) is 4.79 Å². The van der Waals surface area contributed by atoms with Gasteiger partial charge in [0.05, 0.1) is 12.6 Å². The molecule has 0 spiro atoms. The van der Waals surface area contributed by atoms with E-state index in [0.717, 1.165) is 41.4 Å². The molecule has 2 amide bonds. The fraction of sp³-hybridized carbons (Fsp3) is 0.500. The second-order valence-corrected chi connectivity index (χ2v) is 8.27. The molecule has 2 aliphatic carbocycles. The number of rotatable bonds is 6. The van der Waals surface area contributed by atoms with E-state index in [1.807, 2.05) is 36.1 Å². The van der Waals surface area contributed by atoms with Crippen LogP contribution >= 0.6 is 0 Å². The standard InChI is InChI=1S/C22H26N2O4/c1-13-9-18(13)19-8-6-17(28-19)11-24(16-4-5-16)22(25)23-14(2)15-3-7-20-21(10-15)27-12-26-20/h3,6-8,10,13-14,16,18H,4-5,9,11-12H2,1-2H3,(H,23,25). The molecule has 2 aromatic rings. The van der Waals surface area contributed by atoms with Crippen molar-refractivity contribution in [3.05, 3.63) is 47.4 Å². The van der Waals surface area contributed by atoms with E-state index >= 15 is 0 Å². The Morgan fingerprint density at radius 1 is 1.21 bits per heavy atom. The zero-order valence-corrected chi connectivity index (χ0v) is 16.3. The molecule has 28 heavy (non-hydrogen) atoms. The molecule has 1 N–H and O–H groups in total. The first-order valence-electron chi connectivity index (χ1n) is 10.1. The Morgan fingerprint density at radius 3 is 2.75 bits per heavy atom. The molecular formula is C22H26N2O4. The molecule has 0 saturated heterocycles. The number of urea groups is 1. The van der Waals surface area contributed by atoms with Gasteiger partial charge in [0.25, 0.3) is 0 Å². The second kappa shape index (κ2) is 6.76. The van der Waals surface area contributed by atoms with E-state index in [0.29, 0.717) is 24.4 Å². The Hall–Kier alpha value is -2.63. The summed E-state index contributed by atoms with van der Waals surface area (Å²) in [5.74, 6) is 4.68. The maximum absolute atomic E-state index is 13.0. The van der Waals surface area contributed by atoms with Gasteiger partial charge in [-0.2, -0.15) is 0 Å². The molecule has 2 fully saturated rings. The number of hydrogen-bond donors (Lipinski definition) is 1. The lowest BCUT2D eigenvalue weighted by molar-refractivity contribution is 0.173. The monoisotopic (exact) mass is 382 g/mol. The summed E-state index contributed by atoms with van der Waals surface area (Å²) in [6.07, 6.45) is 3.31. The Kier molecular flexibility index (Phi) is 4.22. The van der Waals surface area contributed by atoms with E-state index in [1.165, 1.54) is 6.42 Å². The van der Waals surface area contributed by atoms with Crippen LogP contribution in [0, 0.1) is 5.92 Å². The third-order valence-electron chi connectivity index (χ3n) is 5.97. The normalized spacial score (nSPS) is 23.4. The summed E-state index contributed by atoms with van der Waals surface area (Å²) < 4.78 is 16.8. The second-order valence-electron chi connectivity index (χ2n) is 8.27. The highest BCUT2D eigenvalue weighted by Gasteiger charge is 2.37. The topological polar surface area (TPSA) is 63.9 Å². The number of ether oxygens (including phenoxy) is 2. The molecule has 2 heterocycles. The van der Waals surface area contributed by atoms with Crippen molar-refractivity contribution in [1.82, 2.24) is 10.2 Å². The number of fused-ring (bicyclic) bond motifs is 1. The molecule has 3 unspecified atom stereocenters. The number of carbonyl (C=O) groups excluding carboxylic acids is 1. The zero-order valence-electron chi connectivity index (χ0n) is 16.3. The SMILES string of the molecule is CC(NC(=O)N(Cc1ccc(C2CC2C)o1)C1CC1)c1ccc2c(c1)OCO2. The number of amides is 2. The summed E-state index contributed by atoms with van der Waals surface area (Å²) in [4.78, 5) is 14.9. The van der Waals surface area contributed by atoms with Crippen LogP contribution in [0.15, 0.2) is 34.7 Å². The Balaban J connectivity index is 1.25. The van der Waals surface area contributed by atoms with Gasteiger partial charge in [0, 0.05) is 12.0 Å². The third kappa shape index (κ3) is 3.43. The van der Waals surface area contributed by atoms with Gasteiger partial charge in [0.1, 0.15) is 11.5 Å². The average molecular weight is 382 g/mol. The smallest absolute Gasteiger partial charge is 0.318 e. The molecule has 1 aromatic carbocycles. The fourth-order valence-corrected chi connectivity index (χ4v) is 3.85. The highest BCUT2D eigenvalue weighted by Crippen LogP contribution is 2.47. The van der Waals surface area contributed by atoms with Gasteiger partial charge in [0.15, 0.2) is 11.5 Å². The molecule has 6 heteroatoms. The first-order valence-corrected chi connectivity index (χ1v) is 10.1. The van der Waals surface area contributed by atoms with Gasteiger partial charge in [-0.1, -0.05) is 13.0 Å². The highest BCUT2D eigenvalue weighted by molar-refractivity contribution is 5.75. The van der Waals surface area contributed by atoms with Crippen LogP contribution in [0.1, 0.15) is 62.2 Å². The lowest BCUT2D eigenvalue weighted by atomic mass is 10.1. The van der Waals surface area contributed by atoms with Crippen LogP contribution in [0.5, 0.6) is 11.5 Å². The molecule has 2 saturated carbocycles. The molecule has 3 aliphatic rings.